The molecule has 0 atom stereocenters. The molecule has 1 aromatic carbocycles. The topological polar surface area (TPSA) is 111 Å². The SMILES string of the molecule is Cl.Cn1c(=O)c2c(ncn2CCN2CCN(c3ccccc3[N+](=O)[O-])CC2)n(C)c1=O. The van der Waals surface area contributed by atoms with E-state index in [1.54, 1.807) is 30.1 Å². The van der Waals surface area contributed by atoms with Gasteiger partial charge in [-0.15, -0.1) is 12.4 Å². The molecule has 0 unspecified atom stereocenters. The average Bonchev–Trinajstić information content (AvgIpc) is 3.19. The normalized spacial score (nSPS) is 14.6. The van der Waals surface area contributed by atoms with E-state index in [0.29, 0.717) is 43.0 Å². The lowest BCUT2D eigenvalue weighted by molar-refractivity contribution is -0.384. The number of benzene rings is 1. The van der Waals surface area contributed by atoms with Crippen molar-refractivity contribution >= 4 is 34.9 Å². The number of nitrogens with zero attached hydrogens (tertiary/aromatic N) is 7. The molecule has 31 heavy (non-hydrogen) atoms. The van der Waals surface area contributed by atoms with Gasteiger partial charge in [0.15, 0.2) is 11.2 Å². The fourth-order valence-corrected chi connectivity index (χ4v) is 3.91. The molecule has 0 spiro atoms. The van der Waals surface area contributed by atoms with E-state index in [1.165, 1.54) is 17.7 Å². The number of nitro benzene ring substituents is 1. The summed E-state index contributed by atoms with van der Waals surface area (Å²) in [5, 5.41) is 11.3. The van der Waals surface area contributed by atoms with E-state index in [9.17, 15) is 19.7 Å². The van der Waals surface area contributed by atoms with Crippen LogP contribution in [0.2, 0.25) is 0 Å². The molecule has 0 aliphatic carbocycles. The Balaban J connectivity index is 0.00000272. The Morgan fingerprint density at radius 2 is 1.71 bits per heavy atom. The summed E-state index contributed by atoms with van der Waals surface area (Å²) in [5.74, 6) is 0. The number of para-hydroxylation sites is 2. The van der Waals surface area contributed by atoms with E-state index in [0.717, 1.165) is 17.7 Å². The number of rotatable bonds is 5. The summed E-state index contributed by atoms with van der Waals surface area (Å²) < 4.78 is 4.25. The standard InChI is InChI=1S/C19H23N7O4.ClH/c1-21-17-16(18(27)22(2)19(21)28)25(13-20-17)12-9-23-7-10-24(11-8-23)14-5-3-4-6-15(14)26(29)30;/h3-6,13H,7-12H2,1-2H3;1H. The lowest BCUT2D eigenvalue weighted by Crippen LogP contribution is -2.47. The van der Waals surface area contributed by atoms with Crippen molar-refractivity contribution in [1.29, 1.82) is 0 Å². The van der Waals surface area contributed by atoms with Crippen LogP contribution in [0.5, 0.6) is 0 Å². The fourth-order valence-electron chi connectivity index (χ4n) is 3.91. The lowest BCUT2D eigenvalue weighted by Gasteiger charge is -2.35. The zero-order valence-corrected chi connectivity index (χ0v) is 18.1. The summed E-state index contributed by atoms with van der Waals surface area (Å²) in [5.41, 5.74) is 0.808. The number of imidazole rings is 1. The van der Waals surface area contributed by atoms with Gasteiger partial charge in [0.05, 0.1) is 11.3 Å². The Kier molecular flexibility index (Phi) is 6.46. The van der Waals surface area contributed by atoms with Gasteiger partial charge in [-0.3, -0.25) is 28.9 Å². The summed E-state index contributed by atoms with van der Waals surface area (Å²) in [7, 11) is 3.06. The van der Waals surface area contributed by atoms with Gasteiger partial charge >= 0.3 is 5.69 Å². The molecule has 11 nitrogen and oxygen atoms in total. The number of nitro groups is 1. The molecule has 0 saturated carbocycles. The molecule has 1 aliphatic rings. The van der Waals surface area contributed by atoms with Gasteiger partial charge in [-0.1, -0.05) is 12.1 Å². The second-order valence-electron chi connectivity index (χ2n) is 7.39. The molecule has 12 heteroatoms. The summed E-state index contributed by atoms with van der Waals surface area (Å²) in [6.45, 7) is 4.17. The van der Waals surface area contributed by atoms with Gasteiger partial charge < -0.3 is 9.47 Å². The van der Waals surface area contributed by atoms with Crippen LogP contribution in [0.4, 0.5) is 11.4 Å². The van der Waals surface area contributed by atoms with Crippen LogP contribution in [-0.2, 0) is 20.6 Å². The number of halogens is 1. The summed E-state index contributed by atoms with van der Waals surface area (Å²) >= 11 is 0. The zero-order valence-electron chi connectivity index (χ0n) is 17.3. The molecule has 1 aliphatic heterocycles. The first kappa shape index (κ1) is 22.5. The van der Waals surface area contributed by atoms with Crippen LogP contribution in [0.25, 0.3) is 11.2 Å². The minimum Gasteiger partial charge on any atom is -0.363 e. The third-order valence-electron chi connectivity index (χ3n) is 5.67. The molecule has 2 aromatic heterocycles. The highest BCUT2D eigenvalue weighted by Gasteiger charge is 2.23. The van der Waals surface area contributed by atoms with Crippen LogP contribution in [0.3, 0.4) is 0 Å². The highest BCUT2D eigenvalue weighted by molar-refractivity contribution is 5.85. The number of fused-ring (bicyclic) bond motifs is 1. The van der Waals surface area contributed by atoms with Crippen molar-refractivity contribution in [3.8, 4) is 0 Å². The van der Waals surface area contributed by atoms with E-state index in [4.69, 9.17) is 0 Å². The van der Waals surface area contributed by atoms with Gasteiger partial charge in [0.1, 0.15) is 5.69 Å². The Labute approximate surface area is 183 Å². The van der Waals surface area contributed by atoms with Crippen molar-refractivity contribution in [3.05, 3.63) is 61.5 Å². The molecule has 4 rings (SSSR count). The summed E-state index contributed by atoms with van der Waals surface area (Å²) in [6, 6.07) is 6.80. The van der Waals surface area contributed by atoms with Gasteiger partial charge in [-0.25, -0.2) is 9.78 Å². The number of aromatic nitrogens is 4. The van der Waals surface area contributed by atoms with Gasteiger partial charge in [0.2, 0.25) is 0 Å². The Bertz CT molecular complexity index is 1220. The Morgan fingerprint density at radius 1 is 1.03 bits per heavy atom. The second-order valence-corrected chi connectivity index (χ2v) is 7.39. The van der Waals surface area contributed by atoms with Gasteiger partial charge in [0, 0.05) is 59.4 Å². The van der Waals surface area contributed by atoms with Gasteiger partial charge in [-0.2, -0.15) is 0 Å². The van der Waals surface area contributed by atoms with Crippen LogP contribution in [0.1, 0.15) is 0 Å². The smallest absolute Gasteiger partial charge is 0.332 e. The van der Waals surface area contributed by atoms with E-state index in [2.05, 4.69) is 9.88 Å². The molecule has 0 amide bonds. The highest BCUT2D eigenvalue weighted by Crippen LogP contribution is 2.28. The third-order valence-corrected chi connectivity index (χ3v) is 5.67. The van der Waals surface area contributed by atoms with Crippen molar-refractivity contribution < 1.29 is 4.92 Å². The maximum absolute atomic E-state index is 12.5. The lowest BCUT2D eigenvalue weighted by atomic mass is 10.2. The van der Waals surface area contributed by atoms with E-state index >= 15 is 0 Å². The zero-order chi connectivity index (χ0) is 21.4. The molecular weight excluding hydrogens is 426 g/mol. The molecule has 1 saturated heterocycles. The predicted molar refractivity (Wildman–Crippen MR) is 119 cm³/mol. The Hall–Kier alpha value is -3.18. The quantitative estimate of drug-likeness (QED) is 0.414. The van der Waals surface area contributed by atoms with Crippen LogP contribution in [0.15, 0.2) is 40.2 Å². The van der Waals surface area contributed by atoms with Gasteiger partial charge in [-0.05, 0) is 6.07 Å². The summed E-state index contributed by atoms with van der Waals surface area (Å²) in [4.78, 5) is 44.1. The Morgan fingerprint density at radius 3 is 2.39 bits per heavy atom. The van der Waals surface area contributed by atoms with Crippen LogP contribution in [0, 0.1) is 10.1 Å². The molecule has 0 radical (unpaired) electrons. The van der Waals surface area contributed by atoms with E-state index < -0.39 is 5.69 Å². The first-order valence-corrected chi connectivity index (χ1v) is 9.70. The van der Waals surface area contributed by atoms with Crippen molar-refractivity contribution in [1.82, 2.24) is 23.6 Å². The van der Waals surface area contributed by atoms with E-state index in [1.807, 2.05) is 11.0 Å². The van der Waals surface area contributed by atoms with Crippen LogP contribution >= 0.6 is 12.4 Å². The summed E-state index contributed by atoms with van der Waals surface area (Å²) in [6.07, 6.45) is 1.59. The number of hydrogen-bond donors (Lipinski definition) is 0. The fraction of sp³-hybridized carbons (Fsp3) is 0.421. The number of anilines is 1. The molecule has 3 heterocycles. The van der Waals surface area contributed by atoms with Crippen molar-refractivity contribution in [2.75, 3.05) is 37.6 Å². The first-order valence-electron chi connectivity index (χ1n) is 9.70. The second kappa shape index (κ2) is 8.90. The third kappa shape index (κ3) is 4.06. The monoisotopic (exact) mass is 449 g/mol. The maximum Gasteiger partial charge on any atom is 0.332 e. The molecule has 1 fully saturated rings. The molecule has 3 aromatic rings. The molecular formula is C19H24ClN7O4. The van der Waals surface area contributed by atoms with Crippen molar-refractivity contribution in [3.63, 3.8) is 0 Å². The highest BCUT2D eigenvalue weighted by atomic mass is 35.5. The van der Waals surface area contributed by atoms with Crippen LogP contribution < -0.4 is 16.1 Å². The van der Waals surface area contributed by atoms with Crippen molar-refractivity contribution in [2.24, 2.45) is 14.1 Å². The minimum atomic E-state index is -0.399. The number of aryl methyl sites for hydroxylation is 1. The molecule has 0 N–H and O–H groups in total. The number of piperazine rings is 1. The molecule has 166 valence electrons. The molecule has 0 bridgehead atoms. The largest absolute Gasteiger partial charge is 0.363 e. The van der Waals surface area contributed by atoms with Crippen molar-refractivity contribution in [2.45, 2.75) is 6.54 Å². The maximum atomic E-state index is 12.5. The predicted octanol–water partition coefficient (Wildman–Crippen LogP) is 0.586. The van der Waals surface area contributed by atoms with Gasteiger partial charge in [0.25, 0.3) is 11.2 Å². The minimum absolute atomic E-state index is 0. The van der Waals surface area contributed by atoms with Crippen LogP contribution in [-0.4, -0.2) is 61.2 Å². The van der Waals surface area contributed by atoms with E-state index in [-0.39, 0.29) is 28.6 Å². The first-order chi connectivity index (χ1) is 14.4. The number of hydrogen-bond acceptors (Lipinski definition) is 7. The average molecular weight is 450 g/mol.